The summed E-state index contributed by atoms with van der Waals surface area (Å²) in [5.41, 5.74) is -0.132. The van der Waals surface area contributed by atoms with Gasteiger partial charge in [-0.1, -0.05) is 0 Å². The molecule has 122 valence electrons. The molecule has 1 aromatic rings. The Kier molecular flexibility index (Phi) is 5.23. The van der Waals surface area contributed by atoms with E-state index in [4.69, 9.17) is 9.47 Å². The molecule has 0 spiro atoms. The minimum Gasteiger partial charge on any atom is -0.489 e. The second-order valence-electron chi connectivity index (χ2n) is 4.93. The van der Waals surface area contributed by atoms with Crippen molar-refractivity contribution in [2.45, 2.75) is 31.5 Å². The molecule has 0 aromatic heterocycles. The topological polar surface area (TPSA) is 47.6 Å². The molecule has 1 amide bonds. The van der Waals surface area contributed by atoms with E-state index in [1.807, 2.05) is 5.32 Å². The third-order valence-corrected chi connectivity index (χ3v) is 3.03. The summed E-state index contributed by atoms with van der Waals surface area (Å²) in [5.74, 6) is -1.86. The van der Waals surface area contributed by atoms with E-state index in [-0.39, 0.29) is 24.1 Å². The van der Waals surface area contributed by atoms with Crippen LogP contribution in [-0.4, -0.2) is 31.4 Å². The van der Waals surface area contributed by atoms with Gasteiger partial charge in [-0.05, 0) is 25.0 Å². The molecule has 1 aliphatic heterocycles. The van der Waals surface area contributed by atoms with Gasteiger partial charge in [-0.3, -0.25) is 4.79 Å². The van der Waals surface area contributed by atoms with E-state index in [2.05, 4.69) is 0 Å². The first-order valence-corrected chi connectivity index (χ1v) is 6.74. The fourth-order valence-corrected chi connectivity index (χ4v) is 2.06. The van der Waals surface area contributed by atoms with Gasteiger partial charge >= 0.3 is 6.18 Å². The van der Waals surface area contributed by atoms with Crippen molar-refractivity contribution in [3.05, 3.63) is 24.0 Å². The number of amides is 1. The van der Waals surface area contributed by atoms with Crippen LogP contribution >= 0.6 is 0 Å². The van der Waals surface area contributed by atoms with Crippen LogP contribution in [0.4, 0.5) is 23.2 Å². The molecule has 1 heterocycles. The lowest BCUT2D eigenvalue weighted by Gasteiger charge is -2.15. The minimum absolute atomic E-state index is 0.104. The summed E-state index contributed by atoms with van der Waals surface area (Å²) in [6, 6.07) is 3.27. The van der Waals surface area contributed by atoms with Crippen LogP contribution in [0.25, 0.3) is 0 Å². The van der Waals surface area contributed by atoms with Crippen LogP contribution in [0, 0.1) is 5.82 Å². The van der Waals surface area contributed by atoms with E-state index in [0.29, 0.717) is 6.61 Å². The van der Waals surface area contributed by atoms with Crippen LogP contribution in [0.5, 0.6) is 5.75 Å². The second-order valence-corrected chi connectivity index (χ2v) is 4.93. The van der Waals surface area contributed by atoms with Gasteiger partial charge < -0.3 is 14.8 Å². The van der Waals surface area contributed by atoms with E-state index in [0.717, 1.165) is 25.0 Å². The van der Waals surface area contributed by atoms with Crippen LogP contribution in [0.3, 0.4) is 0 Å². The molecule has 0 unspecified atom stereocenters. The first kappa shape index (κ1) is 16.5. The van der Waals surface area contributed by atoms with Gasteiger partial charge in [0.15, 0.2) is 0 Å². The lowest BCUT2D eigenvalue weighted by atomic mass is 10.2. The Bertz CT molecular complexity index is 527. The third-order valence-electron chi connectivity index (χ3n) is 3.03. The predicted octanol–water partition coefficient (Wildman–Crippen LogP) is 3.27. The van der Waals surface area contributed by atoms with Gasteiger partial charge in [0, 0.05) is 12.7 Å². The lowest BCUT2D eigenvalue weighted by molar-refractivity contribution is -0.150. The molecule has 2 rings (SSSR count). The van der Waals surface area contributed by atoms with Crippen LogP contribution in [0.2, 0.25) is 0 Å². The highest BCUT2D eigenvalue weighted by Gasteiger charge is 2.31. The SMILES string of the molecule is O=C(CC(F)(F)F)Nc1cc(F)ccc1OC[C@H]1CCCO1. The molecule has 0 radical (unpaired) electrons. The minimum atomic E-state index is -4.63. The van der Waals surface area contributed by atoms with Gasteiger partial charge in [-0.2, -0.15) is 13.2 Å². The average molecular weight is 321 g/mol. The number of anilines is 1. The number of hydrogen-bond acceptors (Lipinski definition) is 3. The van der Waals surface area contributed by atoms with Gasteiger partial charge in [0.05, 0.1) is 11.8 Å². The Balaban J connectivity index is 2.01. The summed E-state index contributed by atoms with van der Waals surface area (Å²) >= 11 is 0. The van der Waals surface area contributed by atoms with Crippen molar-refractivity contribution in [3.63, 3.8) is 0 Å². The number of benzene rings is 1. The molecule has 0 aliphatic carbocycles. The van der Waals surface area contributed by atoms with E-state index >= 15 is 0 Å². The van der Waals surface area contributed by atoms with Gasteiger partial charge in [-0.15, -0.1) is 0 Å². The Morgan fingerprint density at radius 2 is 2.18 bits per heavy atom. The lowest BCUT2D eigenvalue weighted by Crippen LogP contribution is -2.22. The Hall–Kier alpha value is -1.83. The normalized spacial score (nSPS) is 18.3. The van der Waals surface area contributed by atoms with E-state index in [1.54, 1.807) is 0 Å². The molecule has 1 fully saturated rings. The second kappa shape index (κ2) is 6.95. The maximum Gasteiger partial charge on any atom is 0.397 e. The summed E-state index contributed by atoms with van der Waals surface area (Å²) in [7, 11) is 0. The fraction of sp³-hybridized carbons (Fsp3) is 0.500. The summed E-state index contributed by atoms with van der Waals surface area (Å²) in [6.45, 7) is 0.820. The molecule has 22 heavy (non-hydrogen) atoms. The van der Waals surface area contributed by atoms with Gasteiger partial charge in [0.2, 0.25) is 5.91 Å². The standard InChI is InChI=1S/C14H15F4NO3/c15-9-3-4-12(22-8-10-2-1-5-21-10)11(6-9)19-13(20)7-14(16,17)18/h3-4,6,10H,1-2,5,7-8H2,(H,19,20)/t10-/m1/s1. The first-order chi connectivity index (χ1) is 10.3. The number of nitrogens with one attached hydrogen (secondary N) is 1. The van der Waals surface area contributed by atoms with Crippen molar-refractivity contribution in [1.82, 2.24) is 0 Å². The summed E-state index contributed by atoms with van der Waals surface area (Å²) in [4.78, 5) is 11.3. The van der Waals surface area contributed by atoms with E-state index in [1.165, 1.54) is 6.07 Å². The average Bonchev–Trinajstić information content (AvgIpc) is 2.88. The highest BCUT2D eigenvalue weighted by molar-refractivity contribution is 5.92. The largest absolute Gasteiger partial charge is 0.489 e. The first-order valence-electron chi connectivity index (χ1n) is 6.74. The monoisotopic (exact) mass is 321 g/mol. The number of carbonyl (C=O) groups excluding carboxylic acids is 1. The van der Waals surface area contributed by atoms with Crippen molar-refractivity contribution in [3.8, 4) is 5.75 Å². The molecule has 0 bridgehead atoms. The molecule has 1 aliphatic rings. The molecule has 1 aromatic carbocycles. The molecular formula is C14H15F4NO3. The number of carbonyl (C=O) groups is 1. The third kappa shape index (κ3) is 5.18. The van der Waals surface area contributed by atoms with Crippen LogP contribution in [0.1, 0.15) is 19.3 Å². The quantitative estimate of drug-likeness (QED) is 0.847. The van der Waals surface area contributed by atoms with Crippen molar-refractivity contribution >= 4 is 11.6 Å². The molecule has 4 nitrogen and oxygen atoms in total. The van der Waals surface area contributed by atoms with Gasteiger partial charge in [0.25, 0.3) is 0 Å². The number of hydrogen-bond donors (Lipinski definition) is 1. The van der Waals surface area contributed by atoms with Crippen molar-refractivity contribution < 1.29 is 31.8 Å². The molecule has 1 N–H and O–H groups in total. The summed E-state index contributed by atoms with van der Waals surface area (Å²) < 4.78 is 60.5. The fourth-order valence-electron chi connectivity index (χ4n) is 2.06. The maximum atomic E-state index is 13.2. The zero-order chi connectivity index (χ0) is 16.2. The van der Waals surface area contributed by atoms with Crippen LogP contribution in [-0.2, 0) is 9.53 Å². The zero-order valence-electron chi connectivity index (χ0n) is 11.6. The van der Waals surface area contributed by atoms with E-state index in [9.17, 15) is 22.4 Å². The molecule has 0 saturated carbocycles. The number of halogens is 4. The zero-order valence-corrected chi connectivity index (χ0v) is 11.6. The number of alkyl halides is 3. The summed E-state index contributed by atoms with van der Waals surface area (Å²) in [5, 5.41) is 2.02. The summed E-state index contributed by atoms with van der Waals surface area (Å²) in [6.07, 6.45) is -4.65. The van der Waals surface area contributed by atoms with Crippen LogP contribution in [0.15, 0.2) is 18.2 Å². The van der Waals surface area contributed by atoms with Gasteiger partial charge in [0.1, 0.15) is 24.6 Å². The number of ether oxygens (including phenoxy) is 2. The molecular weight excluding hydrogens is 306 g/mol. The maximum absolute atomic E-state index is 13.2. The smallest absolute Gasteiger partial charge is 0.397 e. The van der Waals surface area contributed by atoms with E-state index < -0.39 is 24.3 Å². The molecule has 8 heteroatoms. The van der Waals surface area contributed by atoms with Gasteiger partial charge in [-0.25, -0.2) is 4.39 Å². The van der Waals surface area contributed by atoms with Crippen molar-refractivity contribution in [2.24, 2.45) is 0 Å². The molecule has 1 saturated heterocycles. The highest BCUT2D eigenvalue weighted by Crippen LogP contribution is 2.28. The van der Waals surface area contributed by atoms with Crippen LogP contribution < -0.4 is 10.1 Å². The highest BCUT2D eigenvalue weighted by atomic mass is 19.4. The molecule has 1 atom stereocenters. The van der Waals surface area contributed by atoms with Crippen molar-refractivity contribution in [1.29, 1.82) is 0 Å². The Morgan fingerprint density at radius 1 is 1.41 bits per heavy atom. The number of rotatable bonds is 5. The van der Waals surface area contributed by atoms with Crippen molar-refractivity contribution in [2.75, 3.05) is 18.5 Å². The Labute approximate surface area is 124 Å². The Morgan fingerprint density at radius 3 is 2.82 bits per heavy atom. The predicted molar refractivity (Wildman–Crippen MR) is 70.2 cm³/mol.